The first-order valence-electron chi connectivity index (χ1n) is 8.85. The maximum Gasteiger partial charge on any atom is 0.416 e. The van der Waals surface area contributed by atoms with E-state index < -0.39 is 28.9 Å². The van der Waals surface area contributed by atoms with E-state index in [1.165, 1.54) is 24.3 Å². The molecule has 3 rings (SSSR count). The van der Waals surface area contributed by atoms with Gasteiger partial charge in [-0.05, 0) is 54.8 Å². The summed E-state index contributed by atoms with van der Waals surface area (Å²) in [4.78, 5) is 0. The predicted octanol–water partition coefficient (Wildman–Crippen LogP) is 7.39. The van der Waals surface area contributed by atoms with Crippen LogP contribution < -0.4 is 0 Å². The molecule has 0 aromatic heterocycles. The molecule has 0 aliphatic carbocycles. The number of alkyl halides is 6. The van der Waals surface area contributed by atoms with E-state index in [1.807, 2.05) is 31.2 Å². The molecule has 3 aromatic rings. The zero-order valence-electron chi connectivity index (χ0n) is 15.7. The molecule has 0 bridgehead atoms. The molecule has 0 radical (unpaired) electrons. The molecule has 152 valence electrons. The van der Waals surface area contributed by atoms with Gasteiger partial charge in [0.25, 0.3) is 0 Å². The van der Waals surface area contributed by atoms with Crippen LogP contribution in [0.25, 0.3) is 0 Å². The van der Waals surface area contributed by atoms with E-state index >= 15 is 0 Å². The molecule has 3 aromatic carbocycles. The lowest BCUT2D eigenvalue weighted by atomic mass is 9.70. The van der Waals surface area contributed by atoms with Gasteiger partial charge in [-0.1, -0.05) is 54.1 Å². The molecule has 0 aliphatic rings. The van der Waals surface area contributed by atoms with Crippen molar-refractivity contribution in [3.05, 3.63) is 106 Å². The lowest BCUT2D eigenvalue weighted by Gasteiger charge is -2.32. The van der Waals surface area contributed by atoms with Crippen LogP contribution in [0.1, 0.15) is 40.3 Å². The van der Waals surface area contributed by atoms with Crippen LogP contribution in [0.3, 0.4) is 0 Å². The first-order chi connectivity index (χ1) is 13.4. The van der Waals surface area contributed by atoms with Crippen molar-refractivity contribution in [2.75, 3.05) is 0 Å². The monoisotopic (exact) mass is 408 g/mol. The molecular formula is C23H18F6. The van der Waals surface area contributed by atoms with Crippen molar-refractivity contribution < 1.29 is 26.3 Å². The first-order valence-corrected chi connectivity index (χ1v) is 8.85. The highest BCUT2D eigenvalue weighted by atomic mass is 19.4. The van der Waals surface area contributed by atoms with Crippen molar-refractivity contribution >= 4 is 0 Å². The highest BCUT2D eigenvalue weighted by Crippen LogP contribution is 2.41. The average molecular weight is 408 g/mol. The van der Waals surface area contributed by atoms with Gasteiger partial charge in [-0.25, -0.2) is 0 Å². The van der Waals surface area contributed by atoms with E-state index in [4.69, 9.17) is 0 Å². The van der Waals surface area contributed by atoms with Crippen LogP contribution in [-0.4, -0.2) is 0 Å². The molecular weight excluding hydrogens is 390 g/mol. The van der Waals surface area contributed by atoms with Gasteiger partial charge in [-0.2, -0.15) is 26.3 Å². The normalized spacial score (nSPS) is 12.8. The topological polar surface area (TPSA) is 0 Å². The van der Waals surface area contributed by atoms with Crippen molar-refractivity contribution in [1.29, 1.82) is 0 Å². The molecule has 0 fully saturated rings. The number of benzene rings is 3. The molecule has 0 heterocycles. The summed E-state index contributed by atoms with van der Waals surface area (Å²) in [6.45, 7) is 3.69. The van der Waals surface area contributed by atoms with E-state index in [-0.39, 0.29) is 0 Å². The van der Waals surface area contributed by atoms with Crippen LogP contribution in [0, 0.1) is 6.92 Å². The predicted molar refractivity (Wildman–Crippen MR) is 99.6 cm³/mol. The van der Waals surface area contributed by atoms with Crippen molar-refractivity contribution in [2.45, 2.75) is 31.6 Å². The van der Waals surface area contributed by atoms with Gasteiger partial charge in [0.2, 0.25) is 0 Å². The zero-order valence-corrected chi connectivity index (χ0v) is 15.7. The fourth-order valence-electron chi connectivity index (χ4n) is 3.37. The van der Waals surface area contributed by atoms with Gasteiger partial charge in [0, 0.05) is 5.41 Å². The third-order valence-electron chi connectivity index (χ3n) is 5.21. The van der Waals surface area contributed by atoms with Crippen LogP contribution >= 0.6 is 0 Å². The Morgan fingerprint density at radius 2 is 0.690 bits per heavy atom. The molecule has 0 spiro atoms. The van der Waals surface area contributed by atoms with E-state index in [1.54, 1.807) is 6.92 Å². The van der Waals surface area contributed by atoms with Gasteiger partial charge in [0.05, 0.1) is 11.1 Å². The minimum Gasteiger partial charge on any atom is -0.166 e. The Labute approximate surface area is 164 Å². The molecule has 0 saturated carbocycles. The smallest absolute Gasteiger partial charge is 0.166 e. The van der Waals surface area contributed by atoms with Gasteiger partial charge in [0.15, 0.2) is 0 Å². The maximum absolute atomic E-state index is 13.0. The fraction of sp³-hybridized carbons (Fsp3) is 0.217. The maximum atomic E-state index is 13.0. The molecule has 0 N–H and O–H groups in total. The Morgan fingerprint density at radius 1 is 0.448 bits per heavy atom. The van der Waals surface area contributed by atoms with Gasteiger partial charge in [0.1, 0.15) is 0 Å². The van der Waals surface area contributed by atoms with Crippen molar-refractivity contribution in [2.24, 2.45) is 0 Å². The number of aryl methyl sites for hydroxylation is 1. The van der Waals surface area contributed by atoms with Gasteiger partial charge < -0.3 is 0 Å². The zero-order chi connectivity index (χ0) is 21.4. The fourth-order valence-corrected chi connectivity index (χ4v) is 3.37. The lowest BCUT2D eigenvalue weighted by molar-refractivity contribution is -0.138. The van der Waals surface area contributed by atoms with Crippen LogP contribution in [0.5, 0.6) is 0 Å². The van der Waals surface area contributed by atoms with Gasteiger partial charge in [-0.15, -0.1) is 0 Å². The number of halogens is 6. The SMILES string of the molecule is Cc1ccc(C(C)(c2ccc(C(F)(F)F)cc2)c2ccc(C(F)(F)F)cc2)cc1. The van der Waals surface area contributed by atoms with Crippen LogP contribution in [-0.2, 0) is 17.8 Å². The molecule has 0 unspecified atom stereocenters. The van der Waals surface area contributed by atoms with E-state index in [2.05, 4.69) is 0 Å². The lowest BCUT2D eigenvalue weighted by Crippen LogP contribution is -2.25. The summed E-state index contributed by atoms with van der Waals surface area (Å²) in [5, 5.41) is 0. The Hall–Kier alpha value is -2.76. The third kappa shape index (κ3) is 4.16. The minimum atomic E-state index is -4.47. The second kappa shape index (κ2) is 7.25. The van der Waals surface area contributed by atoms with E-state index in [0.717, 1.165) is 35.4 Å². The third-order valence-corrected chi connectivity index (χ3v) is 5.21. The van der Waals surface area contributed by atoms with Crippen LogP contribution in [0.4, 0.5) is 26.3 Å². The highest BCUT2D eigenvalue weighted by molar-refractivity contribution is 5.51. The Kier molecular flexibility index (Phi) is 5.24. The van der Waals surface area contributed by atoms with E-state index in [0.29, 0.717) is 11.1 Å². The minimum absolute atomic E-state index is 0.550. The van der Waals surface area contributed by atoms with E-state index in [9.17, 15) is 26.3 Å². The molecule has 0 atom stereocenters. The highest BCUT2D eigenvalue weighted by Gasteiger charge is 2.35. The summed E-state index contributed by atoms with van der Waals surface area (Å²) < 4.78 is 77.7. The summed E-state index contributed by atoms with van der Waals surface area (Å²) >= 11 is 0. The largest absolute Gasteiger partial charge is 0.416 e. The molecule has 0 nitrogen and oxygen atoms in total. The standard InChI is InChI=1S/C23H18F6/c1-15-3-5-16(6-4-15)21(2,17-7-11-19(12-8-17)22(24,25)26)18-9-13-20(14-10-18)23(27,28)29/h3-14H,1-2H3. The number of rotatable bonds is 3. The Morgan fingerprint density at radius 3 is 0.966 bits per heavy atom. The van der Waals surface area contributed by atoms with Crippen LogP contribution in [0.15, 0.2) is 72.8 Å². The molecule has 6 heteroatoms. The summed E-state index contributed by atoms with van der Waals surface area (Å²) in [6.07, 6.45) is -8.93. The average Bonchev–Trinajstić information content (AvgIpc) is 2.67. The van der Waals surface area contributed by atoms with Crippen molar-refractivity contribution in [3.8, 4) is 0 Å². The number of hydrogen-bond donors (Lipinski definition) is 0. The van der Waals surface area contributed by atoms with Gasteiger partial charge in [-0.3, -0.25) is 0 Å². The Balaban J connectivity index is 2.16. The summed E-state index contributed by atoms with van der Waals surface area (Å²) in [5.74, 6) is 0. The summed E-state index contributed by atoms with van der Waals surface area (Å²) in [5.41, 5.74) is 0.378. The van der Waals surface area contributed by atoms with Crippen molar-refractivity contribution in [1.82, 2.24) is 0 Å². The molecule has 0 amide bonds. The first kappa shape index (κ1) is 21.0. The molecule has 0 aliphatic heterocycles. The quantitative estimate of drug-likeness (QED) is 0.313. The summed E-state index contributed by atoms with van der Waals surface area (Å²) in [7, 11) is 0. The van der Waals surface area contributed by atoms with Crippen molar-refractivity contribution in [3.63, 3.8) is 0 Å². The summed E-state index contributed by atoms with van der Waals surface area (Å²) in [6, 6.07) is 16.9. The second-order valence-corrected chi connectivity index (χ2v) is 7.14. The Bertz CT molecular complexity index is 905. The number of hydrogen-bond acceptors (Lipinski definition) is 0. The van der Waals surface area contributed by atoms with Gasteiger partial charge >= 0.3 is 12.4 Å². The molecule has 0 saturated heterocycles. The van der Waals surface area contributed by atoms with Crippen LogP contribution in [0.2, 0.25) is 0 Å². The molecule has 29 heavy (non-hydrogen) atoms. The second-order valence-electron chi connectivity index (χ2n) is 7.14.